The number of benzene rings is 1. The van der Waals surface area contributed by atoms with Crippen LogP contribution in [0, 0.1) is 5.92 Å². The van der Waals surface area contributed by atoms with Gasteiger partial charge in [0, 0.05) is 0 Å². The van der Waals surface area contributed by atoms with Gasteiger partial charge in [0.05, 0.1) is 28.9 Å². The summed E-state index contributed by atoms with van der Waals surface area (Å²) in [4.78, 5) is 20.2. The largest absolute Gasteiger partial charge is 0.472 e. The quantitative estimate of drug-likeness (QED) is 0.754. The summed E-state index contributed by atoms with van der Waals surface area (Å²) < 4.78 is 4.97. The van der Waals surface area contributed by atoms with Gasteiger partial charge in [0.25, 0.3) is 5.91 Å². The second-order valence-corrected chi connectivity index (χ2v) is 5.81. The summed E-state index contributed by atoms with van der Waals surface area (Å²) in [6.45, 7) is 4.25. The lowest BCUT2D eigenvalue weighted by Gasteiger charge is -2.18. The number of carbonyl (C=O) groups is 1. The summed E-state index contributed by atoms with van der Waals surface area (Å²) in [6, 6.07) is 9.35. The molecule has 0 aliphatic carbocycles. The van der Waals surface area contributed by atoms with E-state index in [9.17, 15) is 4.79 Å². The Balaban J connectivity index is 1.87. The summed E-state index contributed by atoms with van der Waals surface area (Å²) in [6.07, 6.45) is 3.75. The van der Waals surface area contributed by atoms with Gasteiger partial charge in [-0.15, -0.1) is 0 Å². The minimum absolute atomic E-state index is 0.153. The van der Waals surface area contributed by atoms with Crippen molar-refractivity contribution in [2.24, 2.45) is 5.92 Å². The van der Waals surface area contributed by atoms with Crippen LogP contribution in [0.1, 0.15) is 42.5 Å². The zero-order valence-electron chi connectivity index (χ0n) is 12.7. The number of furan rings is 1. The average Bonchev–Trinajstić information content (AvgIpc) is 3.15. The fourth-order valence-corrected chi connectivity index (χ4v) is 2.48. The molecule has 2 aromatic heterocycles. The summed E-state index contributed by atoms with van der Waals surface area (Å²) in [7, 11) is 0. The first-order valence-corrected chi connectivity index (χ1v) is 7.41. The maximum Gasteiger partial charge on any atom is 0.255 e. The molecule has 0 aliphatic heterocycles. The average molecular weight is 297 g/mol. The van der Waals surface area contributed by atoms with Crippen molar-refractivity contribution in [3.05, 3.63) is 54.2 Å². The van der Waals surface area contributed by atoms with Crippen LogP contribution in [-0.4, -0.2) is 15.9 Å². The number of imidazole rings is 1. The predicted molar refractivity (Wildman–Crippen MR) is 84.5 cm³/mol. The third kappa shape index (κ3) is 3.03. The number of aromatic amines is 1. The van der Waals surface area contributed by atoms with Gasteiger partial charge in [-0.3, -0.25) is 4.79 Å². The Hall–Kier alpha value is -2.56. The highest BCUT2D eigenvalue weighted by Crippen LogP contribution is 2.22. The fourth-order valence-electron chi connectivity index (χ4n) is 2.48. The number of aromatic nitrogens is 2. The number of rotatable bonds is 5. The normalized spacial score (nSPS) is 12.7. The van der Waals surface area contributed by atoms with Crippen LogP contribution in [0.2, 0.25) is 0 Å². The van der Waals surface area contributed by atoms with E-state index in [0.29, 0.717) is 11.5 Å². The molecule has 3 aromatic rings. The standard InChI is InChI=1S/C17H19N3O2/c1-11(2)9-15(20-17(21)12-7-8-22-10-12)16-18-13-5-3-4-6-14(13)19-16/h3-8,10-11,15H,9H2,1-2H3,(H,18,19)(H,20,21)/t15-/m0/s1. The van der Waals surface area contributed by atoms with Gasteiger partial charge < -0.3 is 14.7 Å². The van der Waals surface area contributed by atoms with Crippen molar-refractivity contribution in [3.8, 4) is 0 Å². The highest BCUT2D eigenvalue weighted by atomic mass is 16.3. The fraction of sp³-hybridized carbons (Fsp3) is 0.294. The first-order chi connectivity index (χ1) is 10.6. The highest BCUT2D eigenvalue weighted by molar-refractivity contribution is 5.94. The van der Waals surface area contributed by atoms with E-state index in [0.717, 1.165) is 23.3 Å². The van der Waals surface area contributed by atoms with Crippen LogP contribution < -0.4 is 5.32 Å². The van der Waals surface area contributed by atoms with Crippen molar-refractivity contribution in [2.75, 3.05) is 0 Å². The number of carbonyl (C=O) groups excluding carboxylic acids is 1. The SMILES string of the molecule is CC(C)C[C@H](NC(=O)c1ccoc1)c1nc2ccccc2[nH]1. The number of nitrogens with one attached hydrogen (secondary N) is 2. The number of H-pyrrole nitrogens is 1. The Morgan fingerprint density at radius 3 is 2.82 bits per heavy atom. The molecular weight excluding hydrogens is 278 g/mol. The van der Waals surface area contributed by atoms with Crippen molar-refractivity contribution in [1.82, 2.24) is 15.3 Å². The van der Waals surface area contributed by atoms with Crippen LogP contribution in [0.4, 0.5) is 0 Å². The van der Waals surface area contributed by atoms with Gasteiger partial charge in [-0.2, -0.15) is 0 Å². The smallest absolute Gasteiger partial charge is 0.255 e. The number of hydrogen-bond acceptors (Lipinski definition) is 3. The van der Waals surface area contributed by atoms with Gasteiger partial charge in [-0.05, 0) is 30.5 Å². The maximum absolute atomic E-state index is 12.3. The number of nitrogens with zero attached hydrogens (tertiary/aromatic N) is 1. The molecule has 22 heavy (non-hydrogen) atoms. The minimum atomic E-state index is -0.158. The lowest BCUT2D eigenvalue weighted by atomic mass is 10.0. The number of para-hydroxylation sites is 2. The lowest BCUT2D eigenvalue weighted by molar-refractivity contribution is 0.0929. The number of hydrogen-bond donors (Lipinski definition) is 2. The molecule has 0 spiro atoms. The van der Waals surface area contributed by atoms with E-state index in [-0.39, 0.29) is 11.9 Å². The van der Waals surface area contributed by atoms with Crippen molar-refractivity contribution in [3.63, 3.8) is 0 Å². The van der Waals surface area contributed by atoms with Gasteiger partial charge in [0.15, 0.2) is 0 Å². The first-order valence-electron chi connectivity index (χ1n) is 7.41. The zero-order chi connectivity index (χ0) is 15.5. The molecule has 2 N–H and O–H groups in total. The van der Waals surface area contributed by atoms with Gasteiger partial charge in [-0.1, -0.05) is 26.0 Å². The molecular formula is C17H19N3O2. The zero-order valence-corrected chi connectivity index (χ0v) is 12.7. The lowest BCUT2D eigenvalue weighted by Crippen LogP contribution is -2.30. The predicted octanol–water partition coefficient (Wildman–Crippen LogP) is 3.67. The molecule has 5 nitrogen and oxygen atoms in total. The topological polar surface area (TPSA) is 70.9 Å². The Morgan fingerprint density at radius 2 is 2.14 bits per heavy atom. The maximum atomic E-state index is 12.3. The van der Waals surface area contributed by atoms with Crippen LogP contribution in [-0.2, 0) is 0 Å². The Labute approximate surface area is 128 Å². The molecule has 3 rings (SSSR count). The summed E-state index contributed by atoms with van der Waals surface area (Å²) in [5.74, 6) is 1.06. The molecule has 1 amide bonds. The van der Waals surface area contributed by atoms with Crippen molar-refractivity contribution in [1.29, 1.82) is 0 Å². The van der Waals surface area contributed by atoms with Gasteiger partial charge in [0.2, 0.25) is 0 Å². The third-order valence-electron chi connectivity index (χ3n) is 3.53. The van der Waals surface area contributed by atoms with Crippen LogP contribution in [0.5, 0.6) is 0 Å². The molecule has 0 bridgehead atoms. The third-order valence-corrected chi connectivity index (χ3v) is 3.53. The van der Waals surface area contributed by atoms with Crippen molar-refractivity contribution < 1.29 is 9.21 Å². The van der Waals surface area contributed by atoms with Gasteiger partial charge in [-0.25, -0.2) is 4.98 Å². The molecule has 0 aliphatic rings. The molecule has 0 radical (unpaired) electrons. The van der Waals surface area contributed by atoms with E-state index in [2.05, 4.69) is 29.1 Å². The number of amides is 1. The summed E-state index contributed by atoms with van der Waals surface area (Å²) in [5.41, 5.74) is 2.40. The van der Waals surface area contributed by atoms with Crippen molar-refractivity contribution >= 4 is 16.9 Å². The second kappa shape index (κ2) is 6.05. The van der Waals surface area contributed by atoms with Crippen LogP contribution >= 0.6 is 0 Å². The Morgan fingerprint density at radius 1 is 1.32 bits per heavy atom. The van der Waals surface area contributed by atoms with Gasteiger partial charge in [0.1, 0.15) is 12.1 Å². The van der Waals surface area contributed by atoms with Crippen LogP contribution in [0.15, 0.2) is 47.3 Å². The van der Waals surface area contributed by atoms with Crippen LogP contribution in [0.3, 0.4) is 0 Å². The van der Waals surface area contributed by atoms with E-state index in [1.165, 1.54) is 12.5 Å². The van der Waals surface area contributed by atoms with E-state index >= 15 is 0 Å². The van der Waals surface area contributed by atoms with Gasteiger partial charge >= 0.3 is 0 Å². The van der Waals surface area contributed by atoms with Crippen molar-refractivity contribution in [2.45, 2.75) is 26.3 Å². The monoisotopic (exact) mass is 297 g/mol. The highest BCUT2D eigenvalue weighted by Gasteiger charge is 2.20. The Bertz CT molecular complexity index is 726. The minimum Gasteiger partial charge on any atom is -0.472 e. The molecule has 1 atom stereocenters. The summed E-state index contributed by atoms with van der Waals surface area (Å²) >= 11 is 0. The molecule has 0 saturated heterocycles. The molecule has 114 valence electrons. The molecule has 1 aromatic carbocycles. The summed E-state index contributed by atoms with van der Waals surface area (Å²) in [5, 5.41) is 3.04. The van der Waals surface area contributed by atoms with E-state index in [4.69, 9.17) is 4.42 Å². The molecule has 0 saturated carbocycles. The molecule has 5 heteroatoms. The first kappa shape index (κ1) is 14.4. The second-order valence-electron chi connectivity index (χ2n) is 5.81. The molecule has 2 heterocycles. The van der Waals surface area contributed by atoms with E-state index in [1.54, 1.807) is 6.07 Å². The Kier molecular flexibility index (Phi) is 3.96. The molecule has 0 unspecified atom stereocenters. The van der Waals surface area contributed by atoms with E-state index < -0.39 is 0 Å². The van der Waals surface area contributed by atoms with Crippen LogP contribution in [0.25, 0.3) is 11.0 Å². The number of fused-ring (bicyclic) bond motifs is 1. The molecule has 0 fully saturated rings. The van der Waals surface area contributed by atoms with E-state index in [1.807, 2.05) is 24.3 Å².